The average Bonchev–Trinajstić information content (AvgIpc) is 3.41. The normalized spacial score (nSPS) is 10.4. The smallest absolute Gasteiger partial charge is 0.323 e. The summed E-state index contributed by atoms with van der Waals surface area (Å²) < 4.78 is 10.7. The third-order valence-corrected chi connectivity index (χ3v) is 5.94. The number of aliphatic carboxylic acids is 1. The van der Waals surface area contributed by atoms with Crippen LogP contribution in [0.5, 0.6) is 5.75 Å². The second kappa shape index (κ2) is 13.7. The number of furan rings is 1. The highest BCUT2D eigenvalue weighted by Crippen LogP contribution is 2.26. The molecule has 2 aromatic carbocycles. The summed E-state index contributed by atoms with van der Waals surface area (Å²) in [5.74, 6) is -0.871. The Balaban J connectivity index is 1.60. The molecule has 0 bridgehead atoms. The average molecular weight is 537 g/mol. The van der Waals surface area contributed by atoms with Gasteiger partial charge in [0.2, 0.25) is 11.8 Å². The van der Waals surface area contributed by atoms with E-state index in [1.807, 2.05) is 25.1 Å². The van der Waals surface area contributed by atoms with Crippen molar-refractivity contribution in [3.8, 4) is 5.75 Å². The number of carboxylic acids is 1. The molecule has 1 heterocycles. The highest BCUT2D eigenvalue weighted by atomic mass is 16.5. The fourth-order valence-corrected chi connectivity index (χ4v) is 3.75. The molecular weight excluding hydrogens is 504 g/mol. The van der Waals surface area contributed by atoms with Crippen molar-refractivity contribution in [3.63, 3.8) is 0 Å². The van der Waals surface area contributed by atoms with Crippen molar-refractivity contribution in [2.24, 2.45) is 0 Å². The van der Waals surface area contributed by atoms with Crippen LogP contribution in [0.15, 0.2) is 65.3 Å². The molecule has 0 radical (unpaired) electrons. The number of ether oxygens (including phenoxy) is 1. The first-order valence-electron chi connectivity index (χ1n) is 12.2. The summed E-state index contributed by atoms with van der Waals surface area (Å²) in [6, 6.07) is 15.3. The van der Waals surface area contributed by atoms with E-state index in [1.165, 1.54) is 30.2 Å². The van der Waals surface area contributed by atoms with Crippen LogP contribution in [-0.4, -0.2) is 66.0 Å². The molecule has 0 aliphatic heterocycles. The Labute approximate surface area is 226 Å². The highest BCUT2D eigenvalue weighted by Gasteiger charge is 2.21. The molecule has 1 aromatic heterocycles. The van der Waals surface area contributed by atoms with Crippen molar-refractivity contribution in [1.82, 2.24) is 9.80 Å². The molecule has 3 rings (SSSR count). The summed E-state index contributed by atoms with van der Waals surface area (Å²) in [5, 5.41) is 14.6. The summed E-state index contributed by atoms with van der Waals surface area (Å²) in [6.07, 6.45) is 1.23. The molecule has 3 aromatic rings. The number of aryl methyl sites for hydroxylation is 1. The maximum absolute atomic E-state index is 12.9. The number of hydrogen-bond acceptors (Lipinski definition) is 6. The van der Waals surface area contributed by atoms with Crippen LogP contribution in [-0.2, 0) is 27.3 Å². The fraction of sp³-hybridized carbons (Fsp3) is 0.286. The van der Waals surface area contributed by atoms with E-state index < -0.39 is 17.9 Å². The number of methoxy groups -OCH3 is 1. The number of rotatable bonds is 12. The van der Waals surface area contributed by atoms with Crippen LogP contribution in [0.4, 0.5) is 16.2 Å². The lowest BCUT2D eigenvalue weighted by Crippen LogP contribution is -2.42. The van der Waals surface area contributed by atoms with Gasteiger partial charge in [0.25, 0.3) is 0 Å². The number of carboxylic acid groups (broad SMARTS) is 1. The highest BCUT2D eigenvalue weighted by molar-refractivity contribution is 6.01. The Hall–Kier alpha value is -4.80. The molecule has 0 unspecified atom stereocenters. The molecule has 0 fully saturated rings. The predicted molar refractivity (Wildman–Crippen MR) is 145 cm³/mol. The van der Waals surface area contributed by atoms with E-state index in [-0.39, 0.29) is 38.4 Å². The minimum Gasteiger partial charge on any atom is -0.495 e. The van der Waals surface area contributed by atoms with Gasteiger partial charge in [-0.2, -0.15) is 0 Å². The number of para-hydroxylation sites is 1. The summed E-state index contributed by atoms with van der Waals surface area (Å²) in [7, 11) is 2.96. The Morgan fingerprint density at radius 2 is 1.72 bits per heavy atom. The van der Waals surface area contributed by atoms with Crippen molar-refractivity contribution in [2.45, 2.75) is 26.3 Å². The molecule has 0 aliphatic rings. The summed E-state index contributed by atoms with van der Waals surface area (Å²) in [6.45, 7) is 1.75. The van der Waals surface area contributed by atoms with Gasteiger partial charge in [-0.05, 0) is 48.4 Å². The third-order valence-electron chi connectivity index (χ3n) is 5.94. The molecule has 11 nitrogen and oxygen atoms in total. The zero-order valence-electron chi connectivity index (χ0n) is 22.1. The molecule has 4 amide bonds. The zero-order chi connectivity index (χ0) is 28.4. The topological polar surface area (TPSA) is 141 Å². The molecule has 0 saturated heterocycles. The van der Waals surface area contributed by atoms with E-state index in [0.717, 1.165) is 5.56 Å². The molecule has 0 saturated carbocycles. The largest absolute Gasteiger partial charge is 0.495 e. The number of benzene rings is 2. The molecule has 206 valence electrons. The van der Waals surface area contributed by atoms with Crippen molar-refractivity contribution in [3.05, 3.63) is 77.7 Å². The predicted octanol–water partition coefficient (Wildman–Crippen LogP) is 3.75. The van der Waals surface area contributed by atoms with Gasteiger partial charge >= 0.3 is 12.0 Å². The fourth-order valence-electron chi connectivity index (χ4n) is 3.75. The minimum atomic E-state index is -1.03. The van der Waals surface area contributed by atoms with Gasteiger partial charge in [-0.3, -0.25) is 14.4 Å². The molecule has 0 spiro atoms. The van der Waals surface area contributed by atoms with Crippen LogP contribution in [0.25, 0.3) is 0 Å². The van der Waals surface area contributed by atoms with E-state index in [2.05, 4.69) is 10.6 Å². The quantitative estimate of drug-likeness (QED) is 0.320. The minimum absolute atomic E-state index is 0.0108. The van der Waals surface area contributed by atoms with Gasteiger partial charge in [0.1, 0.15) is 11.5 Å². The van der Waals surface area contributed by atoms with Crippen LogP contribution in [0.3, 0.4) is 0 Å². The Kier molecular flexibility index (Phi) is 10.1. The third kappa shape index (κ3) is 8.63. The number of nitrogens with zero attached hydrogens (tertiary/aromatic N) is 2. The van der Waals surface area contributed by atoms with Crippen LogP contribution < -0.4 is 15.4 Å². The Bertz CT molecular complexity index is 1310. The lowest BCUT2D eigenvalue weighted by atomic mass is 10.1. The number of carbonyl (C=O) groups is 4. The standard InChI is InChI=1S/C28H32N4O7/c1-19-7-4-5-9-22(19)29-28(37)30-23-11-10-20(15-24(23)38-3)16-25(33)31(2)18-26(34)32(13-12-27(35)36)17-21-8-6-14-39-21/h4-11,14-15H,12-13,16-18H2,1-3H3,(H,35,36)(H2,29,30,37). The molecule has 0 atom stereocenters. The van der Waals surface area contributed by atoms with E-state index in [4.69, 9.17) is 14.3 Å². The zero-order valence-corrected chi connectivity index (χ0v) is 22.1. The lowest BCUT2D eigenvalue weighted by molar-refractivity contribution is -0.142. The second-order valence-corrected chi connectivity index (χ2v) is 8.89. The van der Waals surface area contributed by atoms with Crippen LogP contribution in [0, 0.1) is 6.92 Å². The van der Waals surface area contributed by atoms with Crippen molar-refractivity contribution in [2.75, 3.05) is 37.9 Å². The number of hydrogen-bond donors (Lipinski definition) is 3. The first-order chi connectivity index (χ1) is 18.7. The number of anilines is 2. The van der Waals surface area contributed by atoms with Gasteiger partial charge < -0.3 is 34.7 Å². The number of urea groups is 1. The summed E-state index contributed by atoms with van der Waals surface area (Å²) in [5.41, 5.74) is 2.65. The van der Waals surface area contributed by atoms with Crippen LogP contribution >= 0.6 is 0 Å². The monoisotopic (exact) mass is 536 g/mol. The van der Waals surface area contributed by atoms with Crippen LogP contribution in [0.1, 0.15) is 23.3 Å². The van der Waals surface area contributed by atoms with Gasteiger partial charge in [-0.1, -0.05) is 24.3 Å². The molecular formula is C28H32N4O7. The van der Waals surface area contributed by atoms with Gasteiger partial charge in [0.15, 0.2) is 0 Å². The SMILES string of the molecule is COc1cc(CC(=O)N(C)CC(=O)N(CCC(=O)O)Cc2ccco2)ccc1NC(=O)Nc1ccccc1C. The maximum atomic E-state index is 12.9. The Morgan fingerprint density at radius 1 is 0.974 bits per heavy atom. The first-order valence-corrected chi connectivity index (χ1v) is 12.2. The summed E-state index contributed by atoms with van der Waals surface area (Å²) in [4.78, 5) is 51.9. The van der Waals surface area contributed by atoms with Gasteiger partial charge in [0, 0.05) is 19.3 Å². The van der Waals surface area contributed by atoms with E-state index in [9.17, 15) is 19.2 Å². The second-order valence-electron chi connectivity index (χ2n) is 8.89. The number of carbonyl (C=O) groups excluding carboxylic acids is 3. The van der Waals surface area contributed by atoms with Gasteiger partial charge in [-0.15, -0.1) is 0 Å². The molecule has 3 N–H and O–H groups in total. The number of amides is 4. The Morgan fingerprint density at radius 3 is 2.38 bits per heavy atom. The maximum Gasteiger partial charge on any atom is 0.323 e. The van der Waals surface area contributed by atoms with Gasteiger partial charge in [0.05, 0.1) is 45.0 Å². The van der Waals surface area contributed by atoms with Gasteiger partial charge in [-0.25, -0.2) is 4.79 Å². The first kappa shape index (κ1) is 28.8. The molecule has 39 heavy (non-hydrogen) atoms. The number of nitrogens with one attached hydrogen (secondary N) is 2. The lowest BCUT2D eigenvalue weighted by Gasteiger charge is -2.24. The van der Waals surface area contributed by atoms with Crippen molar-refractivity contribution < 1.29 is 33.4 Å². The molecule has 0 aliphatic carbocycles. The van der Waals surface area contributed by atoms with Crippen LogP contribution in [0.2, 0.25) is 0 Å². The van der Waals surface area contributed by atoms with E-state index in [0.29, 0.717) is 28.4 Å². The number of likely N-dealkylation sites (N-methyl/N-ethyl adjacent to an activating group) is 1. The van der Waals surface area contributed by atoms with Crippen molar-refractivity contribution >= 4 is 35.2 Å². The van der Waals surface area contributed by atoms with Crippen molar-refractivity contribution in [1.29, 1.82) is 0 Å². The summed E-state index contributed by atoms with van der Waals surface area (Å²) >= 11 is 0. The van der Waals surface area contributed by atoms with E-state index in [1.54, 1.807) is 36.4 Å². The molecule has 11 heteroatoms. The van der Waals surface area contributed by atoms with E-state index >= 15 is 0 Å².